The highest BCUT2D eigenvalue weighted by atomic mass is 16.5. The fraction of sp³-hybridized carbons (Fsp3) is 0.214. The van der Waals surface area contributed by atoms with Crippen LogP contribution >= 0.6 is 0 Å². The first-order valence-electron chi connectivity index (χ1n) is 11.7. The predicted molar refractivity (Wildman–Crippen MR) is 137 cm³/mol. The number of esters is 1. The number of nitrogens with zero attached hydrogens (tertiary/aromatic N) is 1. The molecule has 186 valence electrons. The fourth-order valence-corrected chi connectivity index (χ4v) is 3.10. The summed E-state index contributed by atoms with van der Waals surface area (Å²) in [6, 6.07) is 20.6. The molecule has 0 unspecified atom stereocenters. The van der Waals surface area contributed by atoms with Gasteiger partial charge in [-0.3, -0.25) is 9.59 Å². The molecule has 3 aromatic rings. The van der Waals surface area contributed by atoms with Crippen molar-refractivity contribution in [2.24, 2.45) is 5.10 Å². The summed E-state index contributed by atoms with van der Waals surface area (Å²) in [6.07, 6.45) is 3.46. The first-order valence-corrected chi connectivity index (χ1v) is 11.7. The molecule has 8 nitrogen and oxygen atoms in total. The van der Waals surface area contributed by atoms with E-state index < -0.39 is 11.9 Å². The third kappa shape index (κ3) is 8.09. The Morgan fingerprint density at radius 3 is 2.31 bits per heavy atom. The lowest BCUT2D eigenvalue weighted by Gasteiger charge is -2.07. The van der Waals surface area contributed by atoms with Crippen LogP contribution in [0.1, 0.15) is 51.6 Å². The van der Waals surface area contributed by atoms with Crippen molar-refractivity contribution in [3.05, 3.63) is 95.1 Å². The highest BCUT2D eigenvalue weighted by Gasteiger charge is 2.11. The molecule has 0 fully saturated rings. The largest absolute Gasteiger partial charge is 0.494 e. The van der Waals surface area contributed by atoms with Crippen molar-refractivity contribution in [3.8, 4) is 11.5 Å². The molecule has 0 aromatic heterocycles. The highest BCUT2D eigenvalue weighted by molar-refractivity contribution is 5.96. The second-order valence-corrected chi connectivity index (χ2v) is 7.98. The first kappa shape index (κ1) is 26.2. The Morgan fingerprint density at radius 1 is 0.917 bits per heavy atom. The third-order valence-electron chi connectivity index (χ3n) is 5.15. The monoisotopic (exact) mass is 487 g/mol. The fourth-order valence-electron chi connectivity index (χ4n) is 3.10. The van der Waals surface area contributed by atoms with Gasteiger partial charge in [0.25, 0.3) is 11.8 Å². The SMILES string of the molecule is CCCCOc1ccc(C(=O)NCC(=O)N/N=C\c2ccc(OC(=O)c3ccccc3C)cc2)cc1. The molecule has 8 heteroatoms. The summed E-state index contributed by atoms with van der Waals surface area (Å²) in [5, 5.41) is 6.44. The number of rotatable bonds is 11. The van der Waals surface area contributed by atoms with Crippen molar-refractivity contribution in [3.63, 3.8) is 0 Å². The summed E-state index contributed by atoms with van der Waals surface area (Å²) in [7, 11) is 0. The molecular formula is C28H29N3O5. The molecule has 3 rings (SSSR count). The summed E-state index contributed by atoms with van der Waals surface area (Å²) < 4.78 is 11.0. The normalized spacial score (nSPS) is 10.6. The Morgan fingerprint density at radius 2 is 1.61 bits per heavy atom. The van der Waals surface area contributed by atoms with E-state index in [4.69, 9.17) is 9.47 Å². The van der Waals surface area contributed by atoms with Crippen LogP contribution < -0.4 is 20.2 Å². The number of nitrogens with one attached hydrogen (secondary N) is 2. The smallest absolute Gasteiger partial charge is 0.343 e. The zero-order valence-corrected chi connectivity index (χ0v) is 20.3. The molecule has 3 aromatic carbocycles. The standard InChI is InChI=1S/C28H29N3O5/c1-3-4-17-35-23-15-11-22(12-16-23)27(33)29-19-26(32)31-30-18-21-9-13-24(14-10-21)36-28(34)25-8-6-5-7-20(25)2/h5-16,18H,3-4,17,19H2,1-2H3,(H,29,33)(H,31,32)/b30-18-. The van der Waals surface area contributed by atoms with Gasteiger partial charge in [0.2, 0.25) is 0 Å². The number of aryl methyl sites for hydroxylation is 1. The van der Waals surface area contributed by atoms with Crippen molar-refractivity contribution >= 4 is 24.0 Å². The number of ether oxygens (including phenoxy) is 2. The van der Waals surface area contributed by atoms with E-state index in [9.17, 15) is 14.4 Å². The molecule has 0 spiro atoms. The molecule has 0 aliphatic carbocycles. The van der Waals surface area contributed by atoms with Crippen LogP contribution in [-0.2, 0) is 4.79 Å². The lowest BCUT2D eigenvalue weighted by molar-refractivity contribution is -0.120. The minimum absolute atomic E-state index is 0.223. The predicted octanol–water partition coefficient (Wildman–Crippen LogP) is 4.27. The number of unbranched alkanes of at least 4 members (excludes halogenated alkanes) is 1. The lowest BCUT2D eigenvalue weighted by atomic mass is 10.1. The summed E-state index contributed by atoms with van der Waals surface area (Å²) in [6.45, 7) is 4.34. The quantitative estimate of drug-likeness (QED) is 0.138. The first-order chi connectivity index (χ1) is 17.5. The second-order valence-electron chi connectivity index (χ2n) is 7.98. The van der Waals surface area contributed by atoms with E-state index in [-0.39, 0.29) is 12.5 Å². The number of benzene rings is 3. The van der Waals surface area contributed by atoms with Crippen LogP contribution in [0.15, 0.2) is 77.9 Å². The van der Waals surface area contributed by atoms with Gasteiger partial charge in [-0.05, 0) is 79.1 Å². The van der Waals surface area contributed by atoms with Gasteiger partial charge in [0, 0.05) is 5.56 Å². The van der Waals surface area contributed by atoms with Crippen LogP contribution in [0.4, 0.5) is 0 Å². The van der Waals surface area contributed by atoms with Crippen LogP contribution in [0.5, 0.6) is 11.5 Å². The van der Waals surface area contributed by atoms with Crippen LogP contribution in [0.3, 0.4) is 0 Å². The maximum Gasteiger partial charge on any atom is 0.343 e. The van der Waals surface area contributed by atoms with Crippen molar-refractivity contribution < 1.29 is 23.9 Å². The number of carbonyl (C=O) groups excluding carboxylic acids is 3. The van der Waals surface area contributed by atoms with Crippen molar-refractivity contribution in [2.75, 3.05) is 13.2 Å². The Balaban J connectivity index is 1.41. The minimum atomic E-state index is -0.470. The molecule has 0 bridgehead atoms. The summed E-state index contributed by atoms with van der Waals surface area (Å²) in [5.74, 6) is -0.176. The van der Waals surface area contributed by atoms with Crippen molar-refractivity contribution in [1.82, 2.24) is 10.7 Å². The van der Waals surface area contributed by atoms with Crippen LogP contribution in [-0.4, -0.2) is 37.1 Å². The molecule has 0 aliphatic rings. The van der Waals surface area contributed by atoms with E-state index in [1.807, 2.05) is 19.1 Å². The van der Waals surface area contributed by atoms with Gasteiger partial charge >= 0.3 is 5.97 Å². The zero-order chi connectivity index (χ0) is 25.8. The Kier molecular flexibility index (Phi) is 9.76. The topological polar surface area (TPSA) is 106 Å². The maximum atomic E-state index is 12.3. The van der Waals surface area contributed by atoms with E-state index in [1.54, 1.807) is 60.7 Å². The van der Waals surface area contributed by atoms with E-state index >= 15 is 0 Å². The van der Waals surface area contributed by atoms with E-state index in [1.165, 1.54) is 6.21 Å². The Bertz CT molecular complexity index is 1200. The molecule has 36 heavy (non-hydrogen) atoms. The van der Waals surface area contributed by atoms with Gasteiger partial charge in [0.1, 0.15) is 11.5 Å². The van der Waals surface area contributed by atoms with Crippen LogP contribution in [0.2, 0.25) is 0 Å². The Labute approximate surface area is 210 Å². The van der Waals surface area contributed by atoms with E-state index in [0.717, 1.165) is 18.4 Å². The minimum Gasteiger partial charge on any atom is -0.494 e. The molecule has 0 heterocycles. The van der Waals surface area contributed by atoms with Crippen molar-refractivity contribution in [2.45, 2.75) is 26.7 Å². The van der Waals surface area contributed by atoms with E-state index in [2.05, 4.69) is 22.8 Å². The second kappa shape index (κ2) is 13.4. The Hall–Kier alpha value is -4.46. The molecule has 0 radical (unpaired) electrons. The van der Waals surface area contributed by atoms with Gasteiger partial charge in [0.05, 0.1) is 24.9 Å². The number of carbonyl (C=O) groups is 3. The number of amides is 2. The van der Waals surface area contributed by atoms with Crippen LogP contribution in [0.25, 0.3) is 0 Å². The molecular weight excluding hydrogens is 458 g/mol. The van der Waals surface area contributed by atoms with E-state index in [0.29, 0.717) is 34.8 Å². The van der Waals surface area contributed by atoms with Gasteiger partial charge in [-0.1, -0.05) is 31.5 Å². The molecule has 0 aliphatic heterocycles. The number of hydrogen-bond acceptors (Lipinski definition) is 6. The average molecular weight is 488 g/mol. The molecule has 0 atom stereocenters. The number of hydrazone groups is 1. The van der Waals surface area contributed by atoms with Crippen molar-refractivity contribution in [1.29, 1.82) is 0 Å². The van der Waals surface area contributed by atoms with Gasteiger partial charge in [-0.15, -0.1) is 0 Å². The third-order valence-corrected chi connectivity index (χ3v) is 5.15. The summed E-state index contributed by atoms with van der Waals surface area (Å²) >= 11 is 0. The van der Waals surface area contributed by atoms with Gasteiger partial charge in [-0.2, -0.15) is 5.10 Å². The summed E-state index contributed by atoms with van der Waals surface area (Å²) in [4.78, 5) is 36.5. The summed E-state index contributed by atoms with van der Waals surface area (Å²) in [5.41, 5.74) is 4.82. The number of hydrogen-bond donors (Lipinski definition) is 2. The molecule has 2 amide bonds. The van der Waals surface area contributed by atoms with Gasteiger partial charge in [-0.25, -0.2) is 10.2 Å². The van der Waals surface area contributed by atoms with Crippen LogP contribution in [0, 0.1) is 6.92 Å². The average Bonchev–Trinajstić information content (AvgIpc) is 2.89. The lowest BCUT2D eigenvalue weighted by Crippen LogP contribution is -2.34. The highest BCUT2D eigenvalue weighted by Crippen LogP contribution is 2.16. The molecule has 0 saturated heterocycles. The van der Waals surface area contributed by atoms with Gasteiger partial charge < -0.3 is 14.8 Å². The zero-order valence-electron chi connectivity index (χ0n) is 20.3. The molecule has 0 saturated carbocycles. The maximum absolute atomic E-state index is 12.3. The molecule has 2 N–H and O–H groups in total. The van der Waals surface area contributed by atoms with Gasteiger partial charge in [0.15, 0.2) is 0 Å².